The number of thiophene rings is 1. The second-order valence-electron chi connectivity index (χ2n) is 4.94. The lowest BCUT2D eigenvalue weighted by atomic mass is 10.1. The number of nitrogens with one attached hydrogen (secondary N) is 2. The fourth-order valence-corrected chi connectivity index (χ4v) is 3.10. The van der Waals surface area contributed by atoms with Gasteiger partial charge in [0.15, 0.2) is 0 Å². The Labute approximate surface area is 141 Å². The zero-order valence-electron chi connectivity index (χ0n) is 12.9. The Morgan fingerprint density at radius 1 is 1.21 bits per heavy atom. The molecule has 0 bridgehead atoms. The Bertz CT molecular complexity index is 907. The van der Waals surface area contributed by atoms with Gasteiger partial charge in [0, 0.05) is 17.5 Å². The van der Waals surface area contributed by atoms with E-state index in [4.69, 9.17) is 5.73 Å². The van der Waals surface area contributed by atoms with Crippen molar-refractivity contribution in [1.82, 2.24) is 15.3 Å². The molecule has 3 amide bonds. The van der Waals surface area contributed by atoms with Crippen LogP contribution < -0.4 is 16.4 Å². The molecule has 7 nitrogen and oxygen atoms in total. The van der Waals surface area contributed by atoms with Crippen LogP contribution in [0.15, 0.2) is 36.4 Å². The van der Waals surface area contributed by atoms with Crippen LogP contribution in [-0.4, -0.2) is 28.5 Å². The zero-order valence-corrected chi connectivity index (χ0v) is 13.7. The van der Waals surface area contributed by atoms with E-state index in [1.54, 1.807) is 6.07 Å². The molecule has 0 aliphatic heterocycles. The minimum absolute atomic E-state index is 0.171. The molecule has 0 radical (unpaired) electrons. The average Bonchev–Trinajstić information content (AvgIpc) is 2.99. The van der Waals surface area contributed by atoms with E-state index < -0.39 is 5.91 Å². The number of benzene rings is 1. The quantitative estimate of drug-likeness (QED) is 0.677. The Hall–Kier alpha value is -3.00. The number of urea groups is 1. The molecule has 0 fully saturated rings. The highest BCUT2D eigenvalue weighted by Crippen LogP contribution is 2.32. The van der Waals surface area contributed by atoms with Crippen molar-refractivity contribution in [2.24, 2.45) is 5.73 Å². The van der Waals surface area contributed by atoms with Crippen LogP contribution in [0.5, 0.6) is 0 Å². The predicted octanol–water partition coefficient (Wildman–Crippen LogP) is 2.60. The fourth-order valence-electron chi connectivity index (χ4n) is 2.22. The van der Waals surface area contributed by atoms with Gasteiger partial charge in [0.1, 0.15) is 4.83 Å². The van der Waals surface area contributed by atoms with Gasteiger partial charge in [-0.05, 0) is 13.0 Å². The van der Waals surface area contributed by atoms with E-state index in [1.807, 2.05) is 37.3 Å². The van der Waals surface area contributed by atoms with Crippen LogP contribution in [0, 0.1) is 0 Å². The van der Waals surface area contributed by atoms with Gasteiger partial charge in [-0.2, -0.15) is 0 Å². The normalized spacial score (nSPS) is 10.5. The first-order valence-corrected chi connectivity index (χ1v) is 8.11. The number of carbonyl (C=O) groups is 2. The summed E-state index contributed by atoms with van der Waals surface area (Å²) in [6.45, 7) is 2.31. The number of fused-ring (bicyclic) bond motifs is 1. The number of hydrogen-bond acceptors (Lipinski definition) is 5. The van der Waals surface area contributed by atoms with Crippen molar-refractivity contribution in [2.45, 2.75) is 6.92 Å². The number of rotatable bonds is 4. The Balaban J connectivity index is 2.15. The van der Waals surface area contributed by atoms with Gasteiger partial charge in [-0.1, -0.05) is 30.3 Å². The third kappa shape index (κ3) is 3.18. The van der Waals surface area contributed by atoms with Gasteiger partial charge >= 0.3 is 6.03 Å². The molecule has 1 aromatic carbocycles. The Morgan fingerprint density at radius 2 is 1.96 bits per heavy atom. The maximum absolute atomic E-state index is 11.7. The third-order valence-corrected chi connectivity index (χ3v) is 4.29. The molecule has 2 aromatic heterocycles. The molecule has 0 aliphatic rings. The molecule has 0 saturated heterocycles. The summed E-state index contributed by atoms with van der Waals surface area (Å²) in [5.41, 5.74) is 6.86. The Morgan fingerprint density at radius 3 is 2.62 bits per heavy atom. The highest BCUT2D eigenvalue weighted by molar-refractivity contribution is 7.20. The number of nitrogens with two attached hydrogens (primary N) is 1. The molecule has 0 saturated carbocycles. The van der Waals surface area contributed by atoms with Crippen molar-refractivity contribution < 1.29 is 9.59 Å². The summed E-state index contributed by atoms with van der Waals surface area (Å²) in [6.07, 6.45) is 0. The molecule has 0 unspecified atom stereocenters. The predicted molar refractivity (Wildman–Crippen MR) is 94.1 cm³/mol. The largest absolute Gasteiger partial charge is 0.365 e. The molecule has 24 heavy (non-hydrogen) atoms. The first-order chi connectivity index (χ1) is 11.6. The van der Waals surface area contributed by atoms with E-state index in [-0.39, 0.29) is 12.0 Å². The van der Waals surface area contributed by atoms with Crippen molar-refractivity contribution in [3.63, 3.8) is 0 Å². The maximum Gasteiger partial charge on any atom is 0.321 e. The Kier molecular flexibility index (Phi) is 4.39. The van der Waals surface area contributed by atoms with Gasteiger partial charge in [0.2, 0.25) is 5.95 Å². The van der Waals surface area contributed by atoms with Crippen LogP contribution in [0.4, 0.5) is 10.7 Å². The highest BCUT2D eigenvalue weighted by atomic mass is 32.1. The summed E-state index contributed by atoms with van der Waals surface area (Å²) in [4.78, 5) is 32.9. The van der Waals surface area contributed by atoms with Gasteiger partial charge in [0.25, 0.3) is 5.91 Å². The topological polar surface area (TPSA) is 110 Å². The van der Waals surface area contributed by atoms with E-state index >= 15 is 0 Å². The monoisotopic (exact) mass is 341 g/mol. The molecule has 0 atom stereocenters. The van der Waals surface area contributed by atoms with Crippen molar-refractivity contribution in [3.8, 4) is 11.3 Å². The molecule has 0 aliphatic carbocycles. The number of hydrogen-bond donors (Lipinski definition) is 3. The second-order valence-corrected chi connectivity index (χ2v) is 5.97. The summed E-state index contributed by atoms with van der Waals surface area (Å²) in [5.74, 6) is -0.347. The van der Waals surface area contributed by atoms with Gasteiger partial charge in [-0.15, -0.1) is 11.3 Å². The first kappa shape index (κ1) is 15.9. The molecule has 4 N–H and O–H groups in total. The summed E-state index contributed by atoms with van der Waals surface area (Å²) < 4.78 is 0. The van der Waals surface area contributed by atoms with Gasteiger partial charge in [0.05, 0.1) is 10.6 Å². The van der Waals surface area contributed by atoms with Gasteiger partial charge < -0.3 is 11.1 Å². The minimum Gasteiger partial charge on any atom is -0.365 e. The van der Waals surface area contributed by atoms with Crippen molar-refractivity contribution in [1.29, 1.82) is 0 Å². The van der Waals surface area contributed by atoms with Crippen LogP contribution in [0.1, 0.15) is 16.6 Å². The van der Waals surface area contributed by atoms with Crippen LogP contribution >= 0.6 is 11.3 Å². The number of anilines is 1. The molecule has 122 valence electrons. The standard InChI is InChI=1S/C16H15N5O2S/c1-2-18-16(23)21-15-19-12(9-6-4-3-5-7-9)10-8-11(13(17)22)24-14(10)20-15/h3-8H,2H2,1H3,(H2,17,22)(H2,18,19,20,21,23). The van der Waals surface area contributed by atoms with E-state index in [2.05, 4.69) is 20.6 Å². The number of nitrogens with zero attached hydrogens (tertiary/aromatic N) is 2. The lowest BCUT2D eigenvalue weighted by Crippen LogP contribution is -2.29. The van der Waals surface area contributed by atoms with Crippen molar-refractivity contribution in [3.05, 3.63) is 41.3 Å². The van der Waals surface area contributed by atoms with Crippen LogP contribution in [0.25, 0.3) is 21.5 Å². The SMILES string of the molecule is CCNC(=O)Nc1nc(-c2ccccc2)c2cc(C(N)=O)sc2n1. The average molecular weight is 341 g/mol. The van der Waals surface area contributed by atoms with E-state index in [1.165, 1.54) is 11.3 Å². The lowest BCUT2D eigenvalue weighted by molar-refractivity contribution is 0.100. The molecular weight excluding hydrogens is 326 g/mol. The van der Waals surface area contributed by atoms with E-state index in [0.717, 1.165) is 10.9 Å². The smallest absolute Gasteiger partial charge is 0.321 e. The summed E-state index contributed by atoms with van der Waals surface area (Å²) in [7, 11) is 0. The van der Waals surface area contributed by atoms with Crippen LogP contribution in [0.2, 0.25) is 0 Å². The first-order valence-electron chi connectivity index (χ1n) is 7.30. The number of amides is 3. The molecule has 3 aromatic rings. The third-order valence-electron chi connectivity index (χ3n) is 3.25. The summed E-state index contributed by atoms with van der Waals surface area (Å²) >= 11 is 1.17. The van der Waals surface area contributed by atoms with Crippen LogP contribution in [-0.2, 0) is 0 Å². The molecule has 8 heteroatoms. The summed E-state index contributed by atoms with van der Waals surface area (Å²) in [6, 6.07) is 10.8. The number of aromatic nitrogens is 2. The molecular formula is C16H15N5O2S. The zero-order chi connectivity index (χ0) is 17.1. The van der Waals surface area contributed by atoms with E-state index in [9.17, 15) is 9.59 Å². The second kappa shape index (κ2) is 6.63. The summed E-state index contributed by atoms with van der Waals surface area (Å²) in [5, 5.41) is 5.95. The fraction of sp³-hybridized carbons (Fsp3) is 0.125. The maximum atomic E-state index is 11.7. The molecule has 0 spiro atoms. The van der Waals surface area contributed by atoms with Gasteiger partial charge in [-0.3, -0.25) is 10.1 Å². The lowest BCUT2D eigenvalue weighted by Gasteiger charge is -2.07. The van der Waals surface area contributed by atoms with Crippen LogP contribution in [0.3, 0.4) is 0 Å². The number of carbonyl (C=O) groups excluding carboxylic acids is 2. The van der Waals surface area contributed by atoms with Crippen molar-refractivity contribution in [2.75, 3.05) is 11.9 Å². The molecule has 3 rings (SSSR count). The number of primary amides is 1. The van der Waals surface area contributed by atoms with Crippen molar-refractivity contribution >= 4 is 39.4 Å². The van der Waals surface area contributed by atoms with E-state index in [0.29, 0.717) is 21.9 Å². The molecule has 2 heterocycles. The minimum atomic E-state index is -0.518. The highest BCUT2D eigenvalue weighted by Gasteiger charge is 2.16. The van der Waals surface area contributed by atoms with Gasteiger partial charge in [-0.25, -0.2) is 14.8 Å².